The Labute approximate surface area is 157 Å². The molecule has 1 aromatic carbocycles. The number of alkyl halides is 2. The summed E-state index contributed by atoms with van der Waals surface area (Å²) < 4.78 is 26.8. The summed E-state index contributed by atoms with van der Waals surface area (Å²) in [6, 6.07) is 13.0. The molecule has 0 aliphatic carbocycles. The Morgan fingerprint density at radius 1 is 1.00 bits per heavy atom. The second kappa shape index (κ2) is 7.24. The molecule has 0 radical (unpaired) electrons. The molecule has 3 aromatic heterocycles. The molecule has 1 N–H and O–H groups in total. The lowest BCUT2D eigenvalue weighted by Crippen LogP contribution is -2.04. The van der Waals surface area contributed by atoms with Crippen molar-refractivity contribution >= 4 is 11.6 Å². The lowest BCUT2D eigenvalue weighted by Gasteiger charge is -2.04. The molecule has 136 valence electrons. The number of rotatable bonds is 5. The van der Waals surface area contributed by atoms with E-state index in [0.717, 1.165) is 11.8 Å². The highest BCUT2D eigenvalue weighted by atomic mass is 35.5. The monoisotopic (exact) mass is 386 g/mol. The molecular weight excluding hydrogens is 374 g/mol. The van der Waals surface area contributed by atoms with Crippen LogP contribution >= 0.6 is 11.6 Å². The van der Waals surface area contributed by atoms with Crippen LogP contribution in [0.25, 0.3) is 22.6 Å². The van der Waals surface area contributed by atoms with Gasteiger partial charge in [0, 0.05) is 17.3 Å². The van der Waals surface area contributed by atoms with Crippen LogP contribution in [0.1, 0.15) is 17.8 Å². The van der Waals surface area contributed by atoms with Gasteiger partial charge in [-0.2, -0.15) is 0 Å². The molecule has 0 fully saturated rings. The summed E-state index contributed by atoms with van der Waals surface area (Å²) in [7, 11) is 0. The van der Waals surface area contributed by atoms with Gasteiger partial charge in [0.2, 0.25) is 0 Å². The number of nitrogens with zero attached hydrogens (tertiary/aromatic N) is 5. The van der Waals surface area contributed by atoms with Gasteiger partial charge in [-0.3, -0.25) is 4.98 Å². The van der Waals surface area contributed by atoms with E-state index in [9.17, 15) is 8.78 Å². The molecule has 4 rings (SSSR count). The predicted octanol–water partition coefficient (Wildman–Crippen LogP) is 4.37. The van der Waals surface area contributed by atoms with Crippen molar-refractivity contribution in [1.82, 2.24) is 29.9 Å². The van der Waals surface area contributed by atoms with Gasteiger partial charge in [0.25, 0.3) is 6.43 Å². The number of H-pyrrole nitrogens is 1. The third kappa shape index (κ3) is 3.56. The highest BCUT2D eigenvalue weighted by molar-refractivity contribution is 6.32. The third-order valence-electron chi connectivity index (χ3n) is 3.96. The number of pyridine rings is 1. The topological polar surface area (TPSA) is 72.3 Å². The summed E-state index contributed by atoms with van der Waals surface area (Å²) in [6.07, 6.45) is 0.0901. The average Bonchev–Trinajstić information content (AvgIpc) is 3.31. The molecule has 0 aliphatic rings. The molecule has 9 heteroatoms. The maximum Gasteiger partial charge on any atom is 0.279 e. The smallest absolute Gasteiger partial charge is 0.279 e. The van der Waals surface area contributed by atoms with Crippen molar-refractivity contribution < 1.29 is 8.78 Å². The van der Waals surface area contributed by atoms with Crippen molar-refractivity contribution in [2.45, 2.75) is 13.0 Å². The number of benzene rings is 1. The first-order chi connectivity index (χ1) is 13.1. The number of aromatic nitrogens is 6. The van der Waals surface area contributed by atoms with Crippen molar-refractivity contribution in [3.8, 4) is 22.6 Å². The minimum Gasteiger partial charge on any atom is -0.337 e. The first kappa shape index (κ1) is 17.3. The highest BCUT2D eigenvalue weighted by Gasteiger charge is 2.14. The van der Waals surface area contributed by atoms with E-state index in [1.807, 2.05) is 30.3 Å². The van der Waals surface area contributed by atoms with Crippen molar-refractivity contribution in [1.29, 1.82) is 0 Å². The Morgan fingerprint density at radius 2 is 1.81 bits per heavy atom. The van der Waals surface area contributed by atoms with Crippen LogP contribution in [0.4, 0.5) is 8.78 Å². The average molecular weight is 387 g/mol. The Balaban J connectivity index is 1.53. The van der Waals surface area contributed by atoms with Gasteiger partial charge in [-0.15, -0.1) is 5.10 Å². The van der Waals surface area contributed by atoms with Gasteiger partial charge in [0.05, 0.1) is 18.4 Å². The number of imidazole rings is 1. The SMILES string of the molecule is FC(F)c1cnc(-c2ccc(Cn3nnc(-c4ccccc4)c3Cl)nc2)[nH]1. The van der Waals surface area contributed by atoms with E-state index >= 15 is 0 Å². The molecule has 0 saturated heterocycles. The van der Waals surface area contributed by atoms with Crippen LogP contribution in [-0.4, -0.2) is 29.9 Å². The first-order valence-electron chi connectivity index (χ1n) is 8.04. The van der Waals surface area contributed by atoms with Gasteiger partial charge in [-0.1, -0.05) is 47.1 Å². The number of aromatic amines is 1. The molecule has 0 bridgehead atoms. The summed E-state index contributed by atoms with van der Waals surface area (Å²) >= 11 is 6.39. The summed E-state index contributed by atoms with van der Waals surface area (Å²) in [4.78, 5) is 10.9. The van der Waals surface area contributed by atoms with Gasteiger partial charge in [0.1, 0.15) is 17.2 Å². The van der Waals surface area contributed by atoms with Crippen LogP contribution in [-0.2, 0) is 6.54 Å². The van der Waals surface area contributed by atoms with Gasteiger partial charge >= 0.3 is 0 Å². The largest absolute Gasteiger partial charge is 0.337 e. The van der Waals surface area contributed by atoms with Gasteiger partial charge in [-0.05, 0) is 12.1 Å². The van der Waals surface area contributed by atoms with E-state index in [1.165, 1.54) is 0 Å². The minimum atomic E-state index is -2.59. The molecule has 0 atom stereocenters. The van der Waals surface area contributed by atoms with E-state index in [-0.39, 0.29) is 5.69 Å². The number of halogens is 3. The Hall–Kier alpha value is -3.13. The van der Waals surface area contributed by atoms with Crippen LogP contribution in [0.3, 0.4) is 0 Å². The van der Waals surface area contributed by atoms with E-state index in [2.05, 4.69) is 25.3 Å². The number of hydrogen-bond acceptors (Lipinski definition) is 4. The standard InChI is InChI=1S/C18H13ClF2N6/c19-16-15(11-4-2-1-3-5-11)25-26-27(16)10-13-7-6-12(8-22-13)18-23-9-14(24-18)17(20)21/h1-9,17H,10H2,(H,23,24). The second-order valence-corrected chi connectivity index (χ2v) is 6.14. The summed E-state index contributed by atoms with van der Waals surface area (Å²) in [5, 5.41) is 8.63. The molecule has 0 aliphatic heterocycles. The van der Waals surface area contributed by atoms with Crippen LogP contribution in [0.2, 0.25) is 5.15 Å². The summed E-state index contributed by atoms with van der Waals surface area (Å²) in [5.41, 5.74) is 2.57. The van der Waals surface area contributed by atoms with Gasteiger partial charge < -0.3 is 4.98 Å². The van der Waals surface area contributed by atoms with Crippen LogP contribution in [0, 0.1) is 0 Å². The van der Waals surface area contributed by atoms with E-state index in [1.54, 1.807) is 23.0 Å². The lowest BCUT2D eigenvalue weighted by atomic mass is 10.2. The molecule has 3 heterocycles. The summed E-state index contributed by atoms with van der Waals surface area (Å²) in [6.45, 7) is 0.333. The lowest BCUT2D eigenvalue weighted by molar-refractivity contribution is 0.146. The number of nitrogens with one attached hydrogen (secondary N) is 1. The van der Waals surface area contributed by atoms with E-state index in [0.29, 0.717) is 34.5 Å². The van der Waals surface area contributed by atoms with Crippen LogP contribution < -0.4 is 0 Å². The van der Waals surface area contributed by atoms with Crippen LogP contribution in [0.15, 0.2) is 54.9 Å². The minimum absolute atomic E-state index is 0.225. The van der Waals surface area contributed by atoms with Crippen molar-refractivity contribution in [2.75, 3.05) is 0 Å². The zero-order chi connectivity index (χ0) is 18.8. The molecule has 0 unspecified atom stereocenters. The highest BCUT2D eigenvalue weighted by Crippen LogP contribution is 2.26. The van der Waals surface area contributed by atoms with E-state index in [4.69, 9.17) is 11.6 Å². The fourth-order valence-electron chi connectivity index (χ4n) is 2.58. The molecular formula is C18H13ClF2N6. The molecule has 0 amide bonds. The molecule has 6 nitrogen and oxygen atoms in total. The quantitative estimate of drug-likeness (QED) is 0.552. The van der Waals surface area contributed by atoms with Crippen molar-refractivity contribution in [3.05, 3.63) is 71.4 Å². The van der Waals surface area contributed by atoms with Crippen molar-refractivity contribution in [3.63, 3.8) is 0 Å². The maximum absolute atomic E-state index is 12.6. The first-order valence-corrected chi connectivity index (χ1v) is 8.42. The third-order valence-corrected chi connectivity index (χ3v) is 4.34. The summed E-state index contributed by atoms with van der Waals surface area (Å²) in [5.74, 6) is 0.342. The molecule has 0 saturated carbocycles. The molecule has 0 spiro atoms. The zero-order valence-electron chi connectivity index (χ0n) is 13.9. The van der Waals surface area contributed by atoms with Crippen molar-refractivity contribution in [2.24, 2.45) is 0 Å². The Morgan fingerprint density at radius 3 is 2.48 bits per heavy atom. The number of hydrogen-bond donors (Lipinski definition) is 1. The van der Waals surface area contributed by atoms with E-state index < -0.39 is 6.43 Å². The fraction of sp³-hybridized carbons (Fsp3) is 0.111. The Bertz CT molecular complexity index is 1040. The second-order valence-electron chi connectivity index (χ2n) is 5.78. The van der Waals surface area contributed by atoms with Gasteiger partial charge in [-0.25, -0.2) is 18.4 Å². The maximum atomic E-state index is 12.6. The van der Waals surface area contributed by atoms with Crippen LogP contribution in [0.5, 0.6) is 0 Å². The van der Waals surface area contributed by atoms with Gasteiger partial charge in [0.15, 0.2) is 5.15 Å². The Kier molecular flexibility index (Phi) is 4.64. The fourth-order valence-corrected chi connectivity index (χ4v) is 2.82. The predicted molar refractivity (Wildman–Crippen MR) is 96.3 cm³/mol. The zero-order valence-corrected chi connectivity index (χ0v) is 14.6. The molecule has 4 aromatic rings. The molecule has 27 heavy (non-hydrogen) atoms. The normalized spacial score (nSPS) is 11.3.